The number of nitrogens with zero attached hydrogens (tertiary/aromatic N) is 1. The Balaban J connectivity index is 1.94. The molecule has 0 saturated carbocycles. The molecule has 0 aliphatic heterocycles. The van der Waals surface area contributed by atoms with Gasteiger partial charge in [-0.05, 0) is 36.4 Å². The van der Waals surface area contributed by atoms with Crippen LogP contribution < -0.4 is 10.9 Å². The molecule has 1 aromatic carbocycles. The van der Waals surface area contributed by atoms with Gasteiger partial charge >= 0.3 is 0 Å². The van der Waals surface area contributed by atoms with E-state index >= 15 is 0 Å². The molecule has 19 heavy (non-hydrogen) atoms. The Morgan fingerprint density at radius 2 is 1.63 bits per heavy atom. The first-order chi connectivity index (χ1) is 9.16. The van der Waals surface area contributed by atoms with Gasteiger partial charge in [-0.2, -0.15) is 0 Å². The third-order valence-corrected chi connectivity index (χ3v) is 2.55. The molecule has 0 unspecified atom stereocenters. The van der Waals surface area contributed by atoms with Gasteiger partial charge in [-0.25, -0.2) is 0 Å². The van der Waals surface area contributed by atoms with Crippen LogP contribution in [0.25, 0.3) is 0 Å². The zero-order valence-electron chi connectivity index (χ0n) is 9.76. The fourth-order valence-electron chi connectivity index (χ4n) is 1.35. The van der Waals surface area contributed by atoms with Crippen molar-refractivity contribution in [3.63, 3.8) is 0 Å². The molecular weight excluding hydrogens is 266 g/mol. The van der Waals surface area contributed by atoms with Gasteiger partial charge < -0.3 is 0 Å². The summed E-state index contributed by atoms with van der Waals surface area (Å²) in [4.78, 5) is 27.2. The zero-order chi connectivity index (χ0) is 13.7. The van der Waals surface area contributed by atoms with Crippen molar-refractivity contribution in [3.8, 4) is 0 Å². The molecule has 0 spiro atoms. The predicted molar refractivity (Wildman–Crippen MR) is 70.6 cm³/mol. The molecule has 96 valence electrons. The Morgan fingerprint density at radius 3 is 2.26 bits per heavy atom. The molecule has 2 aromatic rings. The van der Waals surface area contributed by atoms with E-state index in [0.717, 1.165) is 0 Å². The summed E-state index contributed by atoms with van der Waals surface area (Å²) >= 11 is 5.71. The normalized spacial score (nSPS) is 9.74. The van der Waals surface area contributed by atoms with Crippen LogP contribution in [-0.2, 0) is 0 Å². The molecule has 0 saturated heterocycles. The van der Waals surface area contributed by atoms with E-state index in [1.54, 1.807) is 42.5 Å². The predicted octanol–water partition coefficient (Wildman–Crippen LogP) is 1.81. The van der Waals surface area contributed by atoms with Crippen molar-refractivity contribution in [3.05, 3.63) is 64.9 Å². The summed E-state index contributed by atoms with van der Waals surface area (Å²) in [6.45, 7) is 0. The van der Waals surface area contributed by atoms with Crippen molar-refractivity contribution >= 4 is 23.4 Å². The molecule has 0 aliphatic rings. The SMILES string of the molecule is O=C(NNC(=O)c1ccccn1)c1ccc(Cl)cc1. The van der Waals surface area contributed by atoms with Crippen LogP contribution >= 0.6 is 11.6 Å². The smallest absolute Gasteiger partial charge is 0.267 e. The highest BCUT2D eigenvalue weighted by atomic mass is 35.5. The number of hydrogen-bond acceptors (Lipinski definition) is 3. The van der Waals surface area contributed by atoms with Gasteiger partial charge in [-0.15, -0.1) is 0 Å². The number of hydrazine groups is 1. The summed E-state index contributed by atoms with van der Waals surface area (Å²) in [5, 5.41) is 0.536. The lowest BCUT2D eigenvalue weighted by Crippen LogP contribution is -2.41. The zero-order valence-corrected chi connectivity index (χ0v) is 10.5. The average molecular weight is 276 g/mol. The number of benzene rings is 1. The molecule has 2 N–H and O–H groups in total. The largest absolute Gasteiger partial charge is 0.288 e. The van der Waals surface area contributed by atoms with E-state index < -0.39 is 11.8 Å². The van der Waals surface area contributed by atoms with Gasteiger partial charge in [0.15, 0.2) is 0 Å². The molecule has 0 radical (unpaired) electrons. The van der Waals surface area contributed by atoms with E-state index in [2.05, 4.69) is 15.8 Å². The number of nitrogens with one attached hydrogen (secondary N) is 2. The number of aromatic nitrogens is 1. The number of hydrogen-bond donors (Lipinski definition) is 2. The number of rotatable bonds is 2. The number of halogens is 1. The Morgan fingerprint density at radius 1 is 0.947 bits per heavy atom. The number of carbonyl (C=O) groups is 2. The Bertz CT molecular complexity index is 585. The molecule has 1 aromatic heterocycles. The van der Waals surface area contributed by atoms with Gasteiger partial charge in [0.1, 0.15) is 5.69 Å². The number of carbonyl (C=O) groups excluding carboxylic acids is 2. The van der Waals surface area contributed by atoms with E-state index in [-0.39, 0.29) is 5.69 Å². The van der Waals surface area contributed by atoms with Gasteiger partial charge in [0.05, 0.1) is 0 Å². The quantitative estimate of drug-likeness (QED) is 0.821. The van der Waals surface area contributed by atoms with E-state index in [0.29, 0.717) is 10.6 Å². The van der Waals surface area contributed by atoms with Gasteiger partial charge in [-0.1, -0.05) is 17.7 Å². The third-order valence-electron chi connectivity index (χ3n) is 2.29. The van der Waals surface area contributed by atoms with Crippen molar-refractivity contribution in [2.24, 2.45) is 0 Å². The summed E-state index contributed by atoms with van der Waals surface area (Å²) in [5.74, 6) is -0.913. The van der Waals surface area contributed by atoms with Crippen molar-refractivity contribution in [1.82, 2.24) is 15.8 Å². The highest BCUT2D eigenvalue weighted by Gasteiger charge is 2.09. The first-order valence-electron chi connectivity index (χ1n) is 5.44. The Labute approximate surface area is 114 Å². The number of pyridine rings is 1. The Kier molecular flexibility index (Phi) is 4.10. The van der Waals surface area contributed by atoms with Gasteiger partial charge in [0, 0.05) is 16.8 Å². The van der Waals surface area contributed by atoms with Crippen LogP contribution in [-0.4, -0.2) is 16.8 Å². The first-order valence-corrected chi connectivity index (χ1v) is 5.82. The van der Waals surface area contributed by atoms with Crippen LogP contribution in [0.3, 0.4) is 0 Å². The lowest BCUT2D eigenvalue weighted by Gasteiger charge is -2.06. The topological polar surface area (TPSA) is 71.1 Å². The minimum absolute atomic E-state index is 0.221. The highest BCUT2D eigenvalue weighted by molar-refractivity contribution is 6.30. The minimum Gasteiger partial charge on any atom is -0.267 e. The van der Waals surface area contributed by atoms with Gasteiger partial charge in [0.2, 0.25) is 0 Å². The lowest BCUT2D eigenvalue weighted by molar-refractivity contribution is 0.0844. The highest BCUT2D eigenvalue weighted by Crippen LogP contribution is 2.08. The summed E-state index contributed by atoms with van der Waals surface area (Å²) in [6, 6.07) is 11.2. The van der Waals surface area contributed by atoms with Crippen LogP contribution in [0, 0.1) is 0 Å². The van der Waals surface area contributed by atoms with Crippen LogP contribution in [0.1, 0.15) is 20.8 Å². The van der Waals surface area contributed by atoms with Gasteiger partial charge in [0.25, 0.3) is 11.8 Å². The summed E-state index contributed by atoms with van der Waals surface area (Å²) < 4.78 is 0. The first kappa shape index (κ1) is 13.0. The second-order valence-corrected chi connectivity index (χ2v) is 4.07. The second-order valence-electron chi connectivity index (χ2n) is 3.63. The number of amides is 2. The van der Waals surface area contributed by atoms with E-state index in [4.69, 9.17) is 11.6 Å². The fraction of sp³-hybridized carbons (Fsp3) is 0. The minimum atomic E-state index is -0.483. The average Bonchev–Trinajstić information content (AvgIpc) is 2.46. The second kappa shape index (κ2) is 5.97. The van der Waals surface area contributed by atoms with Crippen molar-refractivity contribution < 1.29 is 9.59 Å². The molecule has 0 atom stereocenters. The maximum atomic E-state index is 11.7. The van der Waals surface area contributed by atoms with E-state index in [1.165, 1.54) is 6.20 Å². The van der Waals surface area contributed by atoms with Crippen molar-refractivity contribution in [2.45, 2.75) is 0 Å². The maximum absolute atomic E-state index is 11.7. The molecular formula is C13H10ClN3O2. The maximum Gasteiger partial charge on any atom is 0.288 e. The third kappa shape index (κ3) is 3.53. The monoisotopic (exact) mass is 275 g/mol. The summed E-state index contributed by atoms with van der Waals surface area (Å²) in [5.41, 5.74) is 5.19. The summed E-state index contributed by atoms with van der Waals surface area (Å²) in [6.07, 6.45) is 1.50. The Hall–Kier alpha value is -2.40. The molecule has 0 bridgehead atoms. The molecule has 1 heterocycles. The van der Waals surface area contributed by atoms with Crippen LogP contribution in [0.2, 0.25) is 5.02 Å². The van der Waals surface area contributed by atoms with Crippen molar-refractivity contribution in [1.29, 1.82) is 0 Å². The molecule has 5 nitrogen and oxygen atoms in total. The molecule has 0 fully saturated rings. The molecule has 2 rings (SSSR count). The lowest BCUT2D eigenvalue weighted by atomic mass is 10.2. The van der Waals surface area contributed by atoms with Crippen LogP contribution in [0.5, 0.6) is 0 Å². The molecule has 6 heteroatoms. The standard InChI is InChI=1S/C13H10ClN3O2/c14-10-6-4-9(5-7-10)12(18)16-17-13(19)11-3-1-2-8-15-11/h1-8H,(H,16,18)(H,17,19). The van der Waals surface area contributed by atoms with Crippen molar-refractivity contribution in [2.75, 3.05) is 0 Å². The summed E-state index contributed by atoms with van der Waals surface area (Å²) in [7, 11) is 0. The fourth-order valence-corrected chi connectivity index (χ4v) is 1.47. The van der Waals surface area contributed by atoms with E-state index in [1.807, 2.05) is 0 Å². The van der Waals surface area contributed by atoms with Gasteiger partial charge in [-0.3, -0.25) is 25.4 Å². The van der Waals surface area contributed by atoms with E-state index in [9.17, 15) is 9.59 Å². The molecule has 0 aliphatic carbocycles. The molecule has 2 amide bonds. The van der Waals surface area contributed by atoms with Crippen LogP contribution in [0.15, 0.2) is 48.7 Å². The van der Waals surface area contributed by atoms with Crippen LogP contribution in [0.4, 0.5) is 0 Å².